The highest BCUT2D eigenvalue weighted by Crippen LogP contribution is 2.19. The van der Waals surface area contributed by atoms with Crippen molar-refractivity contribution >= 4 is 29.9 Å². The minimum Gasteiger partial charge on any atom is -0.496 e. The lowest BCUT2D eigenvalue weighted by molar-refractivity contribution is -0.00834. The van der Waals surface area contributed by atoms with Crippen molar-refractivity contribution in [3.8, 4) is 5.75 Å². The van der Waals surface area contributed by atoms with Crippen molar-refractivity contribution in [2.75, 3.05) is 46.5 Å². The molecule has 7 heteroatoms. The molecule has 1 aliphatic heterocycles. The van der Waals surface area contributed by atoms with E-state index in [0.29, 0.717) is 6.54 Å². The number of nitrogens with one attached hydrogen (secondary N) is 2. The van der Waals surface area contributed by atoms with Gasteiger partial charge < -0.3 is 20.1 Å². The van der Waals surface area contributed by atoms with Crippen LogP contribution in [0.3, 0.4) is 0 Å². The molecule has 0 atom stereocenters. The van der Waals surface area contributed by atoms with Gasteiger partial charge in [0, 0.05) is 31.7 Å². The molecule has 1 aliphatic rings. The van der Waals surface area contributed by atoms with Gasteiger partial charge in [-0.2, -0.15) is 0 Å². The molecule has 1 saturated heterocycles. The molecule has 0 radical (unpaired) electrons. The van der Waals surface area contributed by atoms with Crippen LogP contribution in [0, 0.1) is 6.92 Å². The van der Waals surface area contributed by atoms with E-state index in [-0.39, 0.29) is 29.5 Å². The Kier molecular flexibility index (Phi) is 10.4. The summed E-state index contributed by atoms with van der Waals surface area (Å²) in [6, 6.07) is 6.23. The van der Waals surface area contributed by atoms with Crippen molar-refractivity contribution in [2.45, 2.75) is 39.8 Å². The van der Waals surface area contributed by atoms with Gasteiger partial charge in [-0.1, -0.05) is 12.1 Å². The fourth-order valence-corrected chi connectivity index (χ4v) is 3.06. The van der Waals surface area contributed by atoms with Gasteiger partial charge in [0.1, 0.15) is 5.75 Å². The maximum atomic E-state index is 5.47. The van der Waals surface area contributed by atoms with E-state index >= 15 is 0 Å². The predicted octanol–water partition coefficient (Wildman–Crippen LogP) is 2.79. The average Bonchev–Trinajstić information content (AvgIpc) is 2.66. The van der Waals surface area contributed by atoms with E-state index in [1.54, 1.807) is 7.11 Å². The first-order chi connectivity index (χ1) is 12.5. The Bertz CT molecular complexity index is 602. The second-order valence-electron chi connectivity index (χ2n) is 7.26. The molecular weight excluding hydrogens is 455 g/mol. The second-order valence-corrected chi connectivity index (χ2v) is 7.26. The topological polar surface area (TPSA) is 58.1 Å². The summed E-state index contributed by atoms with van der Waals surface area (Å²) in [5.74, 6) is 1.75. The third-order valence-electron chi connectivity index (χ3n) is 4.79. The Hall–Kier alpha value is -1.06. The molecule has 0 amide bonds. The van der Waals surface area contributed by atoms with Crippen LogP contribution in [0.25, 0.3) is 0 Å². The van der Waals surface area contributed by atoms with E-state index in [9.17, 15) is 0 Å². The highest BCUT2D eigenvalue weighted by Gasteiger charge is 2.28. The number of nitrogens with zero attached hydrogens (tertiary/aromatic N) is 2. The van der Waals surface area contributed by atoms with Gasteiger partial charge in [0.25, 0.3) is 0 Å². The van der Waals surface area contributed by atoms with Crippen molar-refractivity contribution in [1.29, 1.82) is 0 Å². The van der Waals surface area contributed by atoms with E-state index in [0.717, 1.165) is 62.2 Å². The van der Waals surface area contributed by atoms with Crippen molar-refractivity contribution in [3.63, 3.8) is 0 Å². The first-order valence-corrected chi connectivity index (χ1v) is 9.44. The molecular formula is C20H35IN4O2. The number of ether oxygens (including phenoxy) is 2. The van der Waals surface area contributed by atoms with E-state index < -0.39 is 0 Å². The fraction of sp³-hybridized carbons (Fsp3) is 0.650. The number of rotatable bonds is 7. The Labute approximate surface area is 181 Å². The minimum atomic E-state index is 0. The molecule has 1 aromatic rings. The summed E-state index contributed by atoms with van der Waals surface area (Å²) >= 11 is 0. The Morgan fingerprint density at radius 2 is 1.96 bits per heavy atom. The quantitative estimate of drug-likeness (QED) is 0.350. The minimum absolute atomic E-state index is 0. The smallest absolute Gasteiger partial charge is 0.191 e. The maximum Gasteiger partial charge on any atom is 0.191 e. The zero-order valence-electron chi connectivity index (χ0n) is 17.3. The molecule has 2 N–H and O–H groups in total. The second kappa shape index (κ2) is 11.7. The highest BCUT2D eigenvalue weighted by atomic mass is 127. The first kappa shape index (κ1) is 24.0. The number of morpholine rings is 1. The van der Waals surface area contributed by atoms with Crippen LogP contribution in [0.5, 0.6) is 5.75 Å². The largest absolute Gasteiger partial charge is 0.496 e. The summed E-state index contributed by atoms with van der Waals surface area (Å²) in [7, 11) is 1.70. The molecule has 0 aromatic heterocycles. The molecule has 6 nitrogen and oxygen atoms in total. The molecule has 0 unspecified atom stereocenters. The van der Waals surface area contributed by atoms with Crippen LogP contribution >= 0.6 is 24.0 Å². The summed E-state index contributed by atoms with van der Waals surface area (Å²) in [5, 5.41) is 6.83. The van der Waals surface area contributed by atoms with Crippen LogP contribution in [0.4, 0.5) is 0 Å². The Morgan fingerprint density at radius 1 is 1.26 bits per heavy atom. The molecule has 0 bridgehead atoms. The van der Waals surface area contributed by atoms with Gasteiger partial charge in [0.2, 0.25) is 0 Å². The van der Waals surface area contributed by atoms with Crippen molar-refractivity contribution in [3.05, 3.63) is 29.3 Å². The molecule has 27 heavy (non-hydrogen) atoms. The highest BCUT2D eigenvalue weighted by molar-refractivity contribution is 14.0. The first-order valence-electron chi connectivity index (χ1n) is 9.44. The van der Waals surface area contributed by atoms with E-state index in [1.807, 2.05) is 6.92 Å². The van der Waals surface area contributed by atoms with Crippen molar-refractivity contribution in [2.24, 2.45) is 4.99 Å². The number of guanidine groups is 1. The van der Waals surface area contributed by atoms with Crippen LogP contribution in [-0.2, 0) is 11.3 Å². The number of aryl methyl sites for hydroxylation is 1. The van der Waals surface area contributed by atoms with Gasteiger partial charge in [-0.3, -0.25) is 4.90 Å². The molecule has 154 valence electrons. The summed E-state index contributed by atoms with van der Waals surface area (Å²) < 4.78 is 10.9. The molecule has 1 aromatic carbocycles. The molecule has 1 fully saturated rings. The van der Waals surface area contributed by atoms with Crippen LogP contribution in [0.2, 0.25) is 0 Å². The number of benzene rings is 1. The molecule has 0 spiro atoms. The van der Waals surface area contributed by atoms with Gasteiger partial charge in [-0.15, -0.1) is 24.0 Å². The van der Waals surface area contributed by atoms with E-state index in [2.05, 4.69) is 54.5 Å². The molecule has 2 rings (SSSR count). The number of aliphatic imine (C=N–C) groups is 1. The van der Waals surface area contributed by atoms with Gasteiger partial charge in [-0.25, -0.2) is 4.99 Å². The van der Waals surface area contributed by atoms with E-state index in [1.165, 1.54) is 0 Å². The summed E-state index contributed by atoms with van der Waals surface area (Å²) in [6.07, 6.45) is 0. The van der Waals surface area contributed by atoms with Gasteiger partial charge >= 0.3 is 0 Å². The van der Waals surface area contributed by atoms with Crippen molar-refractivity contribution in [1.82, 2.24) is 15.5 Å². The summed E-state index contributed by atoms with van der Waals surface area (Å²) in [6.45, 7) is 14.5. The Balaban J connectivity index is 0.00000364. The predicted molar refractivity (Wildman–Crippen MR) is 122 cm³/mol. The summed E-state index contributed by atoms with van der Waals surface area (Å²) in [5.41, 5.74) is 2.32. The van der Waals surface area contributed by atoms with Gasteiger partial charge in [0.15, 0.2) is 5.96 Å². The van der Waals surface area contributed by atoms with Crippen molar-refractivity contribution < 1.29 is 9.47 Å². The SMILES string of the molecule is CCNC(=NCc1ccc(C)c(OC)c1)NCC(C)(C)N1CCOCC1.I. The summed E-state index contributed by atoms with van der Waals surface area (Å²) in [4.78, 5) is 7.20. The number of hydrogen-bond donors (Lipinski definition) is 2. The third-order valence-corrected chi connectivity index (χ3v) is 4.79. The third kappa shape index (κ3) is 7.46. The normalized spacial score (nSPS) is 15.8. The van der Waals surface area contributed by atoms with Gasteiger partial charge in [0.05, 0.1) is 26.9 Å². The van der Waals surface area contributed by atoms with Crippen LogP contribution in [-0.4, -0.2) is 62.9 Å². The van der Waals surface area contributed by atoms with Crippen LogP contribution < -0.4 is 15.4 Å². The number of methoxy groups -OCH3 is 1. The van der Waals surface area contributed by atoms with Crippen LogP contribution in [0.1, 0.15) is 31.9 Å². The number of hydrogen-bond acceptors (Lipinski definition) is 4. The average molecular weight is 490 g/mol. The Morgan fingerprint density at radius 3 is 2.59 bits per heavy atom. The maximum absolute atomic E-state index is 5.47. The zero-order chi connectivity index (χ0) is 19.0. The molecule has 0 saturated carbocycles. The van der Waals surface area contributed by atoms with Crippen LogP contribution in [0.15, 0.2) is 23.2 Å². The lowest BCUT2D eigenvalue weighted by Crippen LogP contribution is -2.56. The number of halogens is 1. The van der Waals surface area contributed by atoms with Gasteiger partial charge in [-0.05, 0) is 44.9 Å². The monoisotopic (exact) mass is 490 g/mol. The standard InChI is InChI=1S/C20H34N4O2.HI/c1-6-21-19(22-14-17-8-7-16(2)18(13-17)25-5)23-15-20(3,4)24-9-11-26-12-10-24;/h7-8,13H,6,9-12,14-15H2,1-5H3,(H2,21,22,23);1H. The zero-order valence-corrected chi connectivity index (χ0v) is 19.6. The fourth-order valence-electron chi connectivity index (χ4n) is 3.06. The molecule has 1 heterocycles. The lowest BCUT2D eigenvalue weighted by atomic mass is 10.0. The molecule has 0 aliphatic carbocycles. The van der Waals surface area contributed by atoms with E-state index in [4.69, 9.17) is 14.5 Å². The lowest BCUT2D eigenvalue weighted by Gasteiger charge is -2.41.